The summed E-state index contributed by atoms with van der Waals surface area (Å²) in [6.45, 7) is 4.56. The average Bonchev–Trinajstić information content (AvgIpc) is 2.34. The van der Waals surface area contributed by atoms with E-state index in [0.717, 1.165) is 5.56 Å². The maximum atomic E-state index is 11.7. The van der Waals surface area contributed by atoms with Crippen LogP contribution in [0.1, 0.15) is 12.5 Å². The third-order valence-electron chi connectivity index (χ3n) is 2.54. The molecule has 1 rings (SSSR count). The standard InChI is InChI=1S/C13H20N2O3/c1-9-4-5-11(8-12(9)14)18-10(2)13(16)15-6-7-17-3/h4-5,8,10H,6-7,14H2,1-3H3,(H,15,16). The number of rotatable bonds is 6. The Labute approximate surface area is 107 Å². The lowest BCUT2D eigenvalue weighted by Crippen LogP contribution is -2.37. The zero-order valence-corrected chi connectivity index (χ0v) is 11.0. The smallest absolute Gasteiger partial charge is 0.260 e. The SMILES string of the molecule is COCCNC(=O)C(C)Oc1ccc(C)c(N)c1. The van der Waals surface area contributed by atoms with Crippen LogP contribution in [0, 0.1) is 6.92 Å². The van der Waals surface area contributed by atoms with Crippen LogP contribution in [0.3, 0.4) is 0 Å². The Bertz CT molecular complexity index is 407. The molecule has 0 fully saturated rings. The third-order valence-corrected chi connectivity index (χ3v) is 2.54. The molecule has 1 aromatic rings. The van der Waals surface area contributed by atoms with Crippen LogP contribution in [0.5, 0.6) is 5.75 Å². The number of nitrogens with one attached hydrogen (secondary N) is 1. The first-order valence-electron chi connectivity index (χ1n) is 5.84. The zero-order valence-electron chi connectivity index (χ0n) is 11.0. The molecular weight excluding hydrogens is 232 g/mol. The number of methoxy groups -OCH3 is 1. The van der Waals surface area contributed by atoms with E-state index in [0.29, 0.717) is 24.6 Å². The highest BCUT2D eigenvalue weighted by atomic mass is 16.5. The molecule has 1 aromatic carbocycles. The van der Waals surface area contributed by atoms with Gasteiger partial charge in [-0.25, -0.2) is 0 Å². The second-order valence-electron chi connectivity index (χ2n) is 4.06. The lowest BCUT2D eigenvalue weighted by Gasteiger charge is -2.15. The molecule has 0 bridgehead atoms. The molecule has 0 saturated heterocycles. The molecule has 0 radical (unpaired) electrons. The highest BCUT2D eigenvalue weighted by Crippen LogP contribution is 2.19. The molecule has 0 saturated carbocycles. The average molecular weight is 252 g/mol. The molecule has 3 N–H and O–H groups in total. The van der Waals surface area contributed by atoms with Gasteiger partial charge in [0.2, 0.25) is 0 Å². The van der Waals surface area contributed by atoms with Gasteiger partial charge in [0.15, 0.2) is 6.10 Å². The van der Waals surface area contributed by atoms with E-state index in [2.05, 4.69) is 5.32 Å². The lowest BCUT2D eigenvalue weighted by atomic mass is 10.2. The summed E-state index contributed by atoms with van der Waals surface area (Å²) in [5.41, 5.74) is 7.41. The van der Waals surface area contributed by atoms with E-state index in [1.807, 2.05) is 13.0 Å². The summed E-state index contributed by atoms with van der Waals surface area (Å²) in [5, 5.41) is 2.71. The molecule has 1 unspecified atom stereocenters. The Balaban J connectivity index is 2.50. The van der Waals surface area contributed by atoms with Gasteiger partial charge in [0.25, 0.3) is 5.91 Å². The largest absolute Gasteiger partial charge is 0.481 e. The van der Waals surface area contributed by atoms with Crippen molar-refractivity contribution in [2.75, 3.05) is 26.0 Å². The molecule has 18 heavy (non-hydrogen) atoms. The first-order valence-corrected chi connectivity index (χ1v) is 5.84. The molecule has 0 aromatic heterocycles. The van der Waals surface area contributed by atoms with Crippen LogP contribution in [0.25, 0.3) is 0 Å². The fourth-order valence-electron chi connectivity index (χ4n) is 1.37. The van der Waals surface area contributed by atoms with Crippen molar-refractivity contribution in [3.05, 3.63) is 23.8 Å². The van der Waals surface area contributed by atoms with E-state index < -0.39 is 6.10 Å². The van der Waals surface area contributed by atoms with Crippen LogP contribution in [0.15, 0.2) is 18.2 Å². The second-order valence-corrected chi connectivity index (χ2v) is 4.06. The van der Waals surface area contributed by atoms with Crippen molar-refractivity contribution in [2.45, 2.75) is 20.0 Å². The monoisotopic (exact) mass is 252 g/mol. The number of ether oxygens (including phenoxy) is 2. The van der Waals surface area contributed by atoms with Gasteiger partial charge < -0.3 is 20.5 Å². The van der Waals surface area contributed by atoms with Crippen molar-refractivity contribution in [1.29, 1.82) is 0 Å². The number of anilines is 1. The van der Waals surface area contributed by atoms with Crippen LogP contribution in [0.2, 0.25) is 0 Å². The lowest BCUT2D eigenvalue weighted by molar-refractivity contribution is -0.127. The molecule has 0 aliphatic heterocycles. The van der Waals surface area contributed by atoms with Crippen molar-refractivity contribution in [3.8, 4) is 5.75 Å². The summed E-state index contributed by atoms with van der Waals surface area (Å²) in [7, 11) is 1.58. The summed E-state index contributed by atoms with van der Waals surface area (Å²) in [6.07, 6.45) is -0.566. The summed E-state index contributed by atoms with van der Waals surface area (Å²) in [5.74, 6) is 0.415. The molecule has 1 atom stereocenters. The topological polar surface area (TPSA) is 73.6 Å². The molecule has 5 nitrogen and oxygen atoms in total. The molecule has 5 heteroatoms. The summed E-state index contributed by atoms with van der Waals surface area (Å²) < 4.78 is 10.4. The van der Waals surface area contributed by atoms with Crippen molar-refractivity contribution in [2.24, 2.45) is 0 Å². The van der Waals surface area contributed by atoms with Gasteiger partial charge in [0, 0.05) is 25.4 Å². The molecule has 0 heterocycles. The minimum atomic E-state index is -0.566. The summed E-state index contributed by atoms with van der Waals surface area (Å²) >= 11 is 0. The molecular formula is C13H20N2O3. The van der Waals surface area contributed by atoms with Crippen molar-refractivity contribution in [3.63, 3.8) is 0 Å². The first kappa shape index (κ1) is 14.3. The maximum absolute atomic E-state index is 11.7. The fraction of sp³-hybridized carbons (Fsp3) is 0.462. The van der Waals surface area contributed by atoms with Gasteiger partial charge in [-0.3, -0.25) is 4.79 Å². The molecule has 1 amide bonds. The van der Waals surface area contributed by atoms with Crippen LogP contribution in [-0.2, 0) is 9.53 Å². The molecule has 0 aliphatic carbocycles. The number of hydrogen-bond donors (Lipinski definition) is 2. The van der Waals surface area contributed by atoms with Gasteiger partial charge >= 0.3 is 0 Å². The van der Waals surface area contributed by atoms with Gasteiger partial charge in [-0.05, 0) is 25.5 Å². The Hall–Kier alpha value is -1.75. The van der Waals surface area contributed by atoms with Gasteiger partial charge in [-0.1, -0.05) is 6.07 Å². The van der Waals surface area contributed by atoms with E-state index in [1.54, 1.807) is 26.2 Å². The van der Waals surface area contributed by atoms with Gasteiger partial charge in [0.05, 0.1) is 6.61 Å². The van der Waals surface area contributed by atoms with Crippen LogP contribution in [-0.4, -0.2) is 32.3 Å². The molecule has 0 spiro atoms. The van der Waals surface area contributed by atoms with Crippen molar-refractivity contribution in [1.82, 2.24) is 5.32 Å². The Morgan fingerprint density at radius 3 is 2.83 bits per heavy atom. The maximum Gasteiger partial charge on any atom is 0.260 e. The number of amides is 1. The van der Waals surface area contributed by atoms with Gasteiger partial charge in [-0.2, -0.15) is 0 Å². The normalized spacial score (nSPS) is 11.9. The number of benzene rings is 1. The fourth-order valence-corrected chi connectivity index (χ4v) is 1.37. The second kappa shape index (κ2) is 6.86. The van der Waals surface area contributed by atoms with E-state index in [1.165, 1.54) is 0 Å². The minimum Gasteiger partial charge on any atom is -0.481 e. The Kier molecular flexibility index (Phi) is 5.45. The van der Waals surface area contributed by atoms with Gasteiger partial charge in [0.1, 0.15) is 5.75 Å². The molecule has 100 valence electrons. The minimum absolute atomic E-state index is 0.175. The first-order chi connectivity index (χ1) is 8.54. The van der Waals surface area contributed by atoms with E-state index >= 15 is 0 Å². The van der Waals surface area contributed by atoms with E-state index in [9.17, 15) is 4.79 Å². The summed E-state index contributed by atoms with van der Waals surface area (Å²) in [6, 6.07) is 5.37. The molecule has 0 aliphatic rings. The Morgan fingerprint density at radius 1 is 1.50 bits per heavy atom. The number of nitrogens with two attached hydrogens (primary N) is 1. The zero-order chi connectivity index (χ0) is 13.5. The van der Waals surface area contributed by atoms with E-state index in [4.69, 9.17) is 15.2 Å². The number of hydrogen-bond acceptors (Lipinski definition) is 4. The van der Waals surface area contributed by atoms with Crippen molar-refractivity contribution >= 4 is 11.6 Å². The van der Waals surface area contributed by atoms with Crippen LogP contribution < -0.4 is 15.8 Å². The number of aryl methyl sites for hydroxylation is 1. The predicted octanol–water partition coefficient (Wildman–Crippen LogP) is 1.11. The number of carbonyl (C=O) groups is 1. The van der Waals surface area contributed by atoms with Crippen LogP contribution >= 0.6 is 0 Å². The quantitative estimate of drug-likeness (QED) is 0.587. The van der Waals surface area contributed by atoms with Crippen LogP contribution in [0.4, 0.5) is 5.69 Å². The third kappa shape index (κ3) is 4.25. The van der Waals surface area contributed by atoms with Crippen molar-refractivity contribution < 1.29 is 14.3 Å². The number of nitrogen functional groups attached to an aromatic ring is 1. The highest BCUT2D eigenvalue weighted by molar-refractivity contribution is 5.80. The highest BCUT2D eigenvalue weighted by Gasteiger charge is 2.14. The Morgan fingerprint density at radius 2 is 2.22 bits per heavy atom. The van der Waals surface area contributed by atoms with E-state index in [-0.39, 0.29) is 5.91 Å². The number of carbonyl (C=O) groups excluding carboxylic acids is 1. The van der Waals surface area contributed by atoms with Gasteiger partial charge in [-0.15, -0.1) is 0 Å². The predicted molar refractivity (Wildman–Crippen MR) is 70.6 cm³/mol. The summed E-state index contributed by atoms with van der Waals surface area (Å²) in [4.78, 5) is 11.7.